The van der Waals surface area contributed by atoms with Gasteiger partial charge in [0.25, 0.3) is 0 Å². The molecule has 21 heavy (non-hydrogen) atoms. The second-order valence-electron chi connectivity index (χ2n) is 4.83. The molecule has 0 aliphatic rings. The van der Waals surface area contributed by atoms with Gasteiger partial charge >= 0.3 is 0 Å². The number of nitrogens with zero attached hydrogens (tertiary/aromatic N) is 2. The lowest BCUT2D eigenvalue weighted by Crippen LogP contribution is -2.17. The third kappa shape index (κ3) is 3.03. The van der Waals surface area contributed by atoms with Crippen LogP contribution in [0.2, 0.25) is 0 Å². The second-order valence-corrected chi connectivity index (χ2v) is 4.83. The minimum Gasteiger partial charge on any atom is -0.496 e. The molecule has 5 heteroatoms. The number of methoxy groups -OCH3 is 1. The first-order chi connectivity index (χ1) is 10.4. The predicted octanol–water partition coefficient (Wildman–Crippen LogP) is 2.30. The lowest BCUT2D eigenvalue weighted by Gasteiger charge is -2.11. The Hall–Kier alpha value is -2.40. The van der Waals surface area contributed by atoms with Gasteiger partial charge in [0.1, 0.15) is 17.9 Å². The first-order valence-electron chi connectivity index (χ1n) is 6.98. The molecule has 0 saturated heterocycles. The standard InChI is InChI=1S/C16H18N4O/c1-21-15-7-6-12(13-4-2-3-5-14(13)15)10-17-9-8-16-18-11-19-20-16/h2-7,11,17H,8-10H2,1H3,(H,18,19,20). The monoisotopic (exact) mass is 282 g/mol. The molecule has 3 aromatic rings. The van der Waals surface area contributed by atoms with Crippen LogP contribution in [0.15, 0.2) is 42.7 Å². The van der Waals surface area contributed by atoms with Crippen LogP contribution in [0.5, 0.6) is 5.75 Å². The van der Waals surface area contributed by atoms with Gasteiger partial charge in [0.2, 0.25) is 0 Å². The van der Waals surface area contributed by atoms with Crippen LogP contribution in [0.1, 0.15) is 11.4 Å². The summed E-state index contributed by atoms with van der Waals surface area (Å²) >= 11 is 0. The molecule has 2 N–H and O–H groups in total. The molecule has 0 aliphatic heterocycles. The van der Waals surface area contributed by atoms with E-state index in [0.29, 0.717) is 0 Å². The van der Waals surface area contributed by atoms with Crippen molar-refractivity contribution in [3.05, 3.63) is 54.1 Å². The van der Waals surface area contributed by atoms with Gasteiger partial charge in [-0.05, 0) is 17.0 Å². The molecule has 0 bridgehead atoms. The first kappa shape index (κ1) is 13.6. The van der Waals surface area contributed by atoms with Crippen LogP contribution in [0.25, 0.3) is 10.8 Å². The van der Waals surface area contributed by atoms with Crippen LogP contribution in [-0.4, -0.2) is 28.8 Å². The molecule has 0 amide bonds. The van der Waals surface area contributed by atoms with Crippen LogP contribution >= 0.6 is 0 Å². The summed E-state index contributed by atoms with van der Waals surface area (Å²) in [6.45, 7) is 1.67. The number of benzene rings is 2. The van der Waals surface area contributed by atoms with E-state index in [1.165, 1.54) is 17.3 Å². The highest BCUT2D eigenvalue weighted by Crippen LogP contribution is 2.28. The van der Waals surface area contributed by atoms with E-state index in [2.05, 4.69) is 44.8 Å². The van der Waals surface area contributed by atoms with Gasteiger partial charge in [-0.1, -0.05) is 30.3 Å². The van der Waals surface area contributed by atoms with E-state index in [-0.39, 0.29) is 0 Å². The average molecular weight is 282 g/mol. The molecule has 2 aromatic carbocycles. The lowest BCUT2D eigenvalue weighted by molar-refractivity contribution is 0.419. The third-order valence-electron chi connectivity index (χ3n) is 3.51. The van der Waals surface area contributed by atoms with Crippen molar-refractivity contribution in [3.8, 4) is 5.75 Å². The number of aromatic amines is 1. The molecule has 5 nitrogen and oxygen atoms in total. The Kier molecular flexibility index (Phi) is 4.12. The number of fused-ring (bicyclic) bond motifs is 1. The van der Waals surface area contributed by atoms with Crippen molar-refractivity contribution in [2.75, 3.05) is 13.7 Å². The number of rotatable bonds is 6. The molecule has 1 heterocycles. The van der Waals surface area contributed by atoms with E-state index in [0.717, 1.165) is 36.5 Å². The van der Waals surface area contributed by atoms with E-state index in [1.807, 2.05) is 12.1 Å². The van der Waals surface area contributed by atoms with Crippen molar-refractivity contribution in [1.29, 1.82) is 0 Å². The summed E-state index contributed by atoms with van der Waals surface area (Å²) in [6.07, 6.45) is 2.38. The zero-order valence-corrected chi connectivity index (χ0v) is 12.0. The number of H-pyrrole nitrogens is 1. The zero-order chi connectivity index (χ0) is 14.5. The van der Waals surface area contributed by atoms with E-state index in [9.17, 15) is 0 Å². The molecule has 0 unspecified atom stereocenters. The normalized spacial score (nSPS) is 10.9. The molecular formula is C16H18N4O. The van der Waals surface area contributed by atoms with E-state index < -0.39 is 0 Å². The largest absolute Gasteiger partial charge is 0.496 e. The Bertz CT molecular complexity index is 709. The fraction of sp³-hybridized carbons (Fsp3) is 0.250. The van der Waals surface area contributed by atoms with E-state index in [1.54, 1.807) is 7.11 Å². The Morgan fingerprint density at radius 3 is 2.76 bits per heavy atom. The average Bonchev–Trinajstić information content (AvgIpc) is 3.05. The van der Waals surface area contributed by atoms with Gasteiger partial charge in [-0.15, -0.1) is 0 Å². The van der Waals surface area contributed by atoms with Crippen LogP contribution in [0, 0.1) is 0 Å². The summed E-state index contributed by atoms with van der Waals surface area (Å²) < 4.78 is 5.42. The smallest absolute Gasteiger partial charge is 0.137 e. The van der Waals surface area contributed by atoms with Gasteiger partial charge < -0.3 is 10.1 Å². The first-order valence-corrected chi connectivity index (χ1v) is 6.98. The number of hydrogen-bond donors (Lipinski definition) is 2. The number of nitrogens with one attached hydrogen (secondary N) is 2. The second kappa shape index (κ2) is 6.37. The van der Waals surface area contributed by atoms with Gasteiger partial charge in [-0.2, -0.15) is 5.10 Å². The maximum Gasteiger partial charge on any atom is 0.137 e. The Labute approximate surface area is 123 Å². The molecule has 3 rings (SSSR count). The SMILES string of the molecule is COc1ccc(CNCCc2ncn[nH]2)c2ccccc12. The summed E-state index contributed by atoms with van der Waals surface area (Å²) in [5, 5.41) is 12.5. The minimum absolute atomic E-state index is 0.818. The highest BCUT2D eigenvalue weighted by atomic mass is 16.5. The summed E-state index contributed by atoms with van der Waals surface area (Å²) in [5.41, 5.74) is 1.27. The molecule has 0 aliphatic carbocycles. The maximum atomic E-state index is 5.42. The van der Waals surface area contributed by atoms with E-state index >= 15 is 0 Å². The number of hydrogen-bond acceptors (Lipinski definition) is 4. The maximum absolute atomic E-state index is 5.42. The van der Waals surface area contributed by atoms with Crippen LogP contribution < -0.4 is 10.1 Å². The molecule has 0 fully saturated rings. The van der Waals surface area contributed by atoms with Crippen molar-refractivity contribution < 1.29 is 4.74 Å². The molecule has 0 radical (unpaired) electrons. The highest BCUT2D eigenvalue weighted by Gasteiger charge is 2.05. The van der Waals surface area contributed by atoms with Gasteiger partial charge in [-0.3, -0.25) is 5.10 Å². The van der Waals surface area contributed by atoms with Gasteiger partial charge in [0.05, 0.1) is 7.11 Å². The zero-order valence-electron chi connectivity index (χ0n) is 12.0. The van der Waals surface area contributed by atoms with Gasteiger partial charge in [-0.25, -0.2) is 4.98 Å². The minimum atomic E-state index is 0.818. The van der Waals surface area contributed by atoms with Crippen LogP contribution in [0.4, 0.5) is 0 Å². The van der Waals surface area contributed by atoms with Gasteiger partial charge in [0, 0.05) is 24.9 Å². The van der Waals surface area contributed by atoms with E-state index in [4.69, 9.17) is 4.74 Å². The van der Waals surface area contributed by atoms with Crippen molar-refractivity contribution in [3.63, 3.8) is 0 Å². The van der Waals surface area contributed by atoms with Crippen molar-refractivity contribution >= 4 is 10.8 Å². The highest BCUT2D eigenvalue weighted by molar-refractivity contribution is 5.91. The van der Waals surface area contributed by atoms with Crippen LogP contribution in [0.3, 0.4) is 0 Å². The predicted molar refractivity (Wildman–Crippen MR) is 82.3 cm³/mol. The molecule has 0 spiro atoms. The Balaban J connectivity index is 1.69. The van der Waals surface area contributed by atoms with Crippen molar-refractivity contribution in [2.24, 2.45) is 0 Å². The summed E-state index contributed by atoms with van der Waals surface area (Å²) in [5.74, 6) is 1.82. The lowest BCUT2D eigenvalue weighted by atomic mass is 10.0. The molecule has 0 saturated carbocycles. The molecule has 0 atom stereocenters. The molecule has 1 aromatic heterocycles. The summed E-state index contributed by atoms with van der Waals surface area (Å²) in [7, 11) is 1.71. The fourth-order valence-electron chi connectivity index (χ4n) is 2.45. The number of aromatic nitrogens is 3. The Morgan fingerprint density at radius 1 is 1.14 bits per heavy atom. The quantitative estimate of drug-likeness (QED) is 0.681. The van der Waals surface area contributed by atoms with Gasteiger partial charge in [0.15, 0.2) is 0 Å². The summed E-state index contributed by atoms with van der Waals surface area (Å²) in [4.78, 5) is 4.11. The summed E-state index contributed by atoms with van der Waals surface area (Å²) in [6, 6.07) is 12.4. The molecular weight excluding hydrogens is 264 g/mol. The number of ether oxygens (including phenoxy) is 1. The van der Waals surface area contributed by atoms with Crippen molar-refractivity contribution in [2.45, 2.75) is 13.0 Å². The topological polar surface area (TPSA) is 62.8 Å². The molecule has 108 valence electrons. The van der Waals surface area contributed by atoms with Crippen LogP contribution in [-0.2, 0) is 13.0 Å². The Morgan fingerprint density at radius 2 is 2.00 bits per heavy atom. The fourth-order valence-corrected chi connectivity index (χ4v) is 2.45. The van der Waals surface area contributed by atoms with Crippen molar-refractivity contribution in [1.82, 2.24) is 20.5 Å². The third-order valence-corrected chi connectivity index (χ3v) is 3.51.